The molecule has 1 fully saturated rings. The Labute approximate surface area is 165 Å². The number of likely N-dealkylation sites (tertiary alicyclic amines) is 1. The first-order chi connectivity index (χ1) is 13.4. The number of benzene rings is 2. The third-order valence-electron chi connectivity index (χ3n) is 5.30. The van der Waals surface area contributed by atoms with E-state index in [9.17, 15) is 14.7 Å². The Morgan fingerprint density at radius 2 is 1.86 bits per heavy atom. The van der Waals surface area contributed by atoms with Crippen LogP contribution in [0.1, 0.15) is 43.5 Å². The van der Waals surface area contributed by atoms with Crippen molar-refractivity contribution in [2.75, 3.05) is 7.11 Å². The third-order valence-corrected chi connectivity index (χ3v) is 5.30. The van der Waals surface area contributed by atoms with Gasteiger partial charge in [-0.2, -0.15) is 0 Å². The number of carbonyl (C=O) groups is 2. The van der Waals surface area contributed by atoms with E-state index >= 15 is 0 Å². The average molecular weight is 381 g/mol. The van der Waals surface area contributed by atoms with Crippen molar-refractivity contribution in [2.24, 2.45) is 5.92 Å². The summed E-state index contributed by atoms with van der Waals surface area (Å²) >= 11 is 0. The first kappa shape index (κ1) is 19.9. The predicted octanol–water partition coefficient (Wildman–Crippen LogP) is 4.47. The van der Waals surface area contributed by atoms with E-state index in [0.29, 0.717) is 23.7 Å². The van der Waals surface area contributed by atoms with Gasteiger partial charge in [0.2, 0.25) is 0 Å². The fraction of sp³-hybridized carbons (Fsp3) is 0.391. The molecule has 2 aromatic carbocycles. The van der Waals surface area contributed by atoms with E-state index in [0.717, 1.165) is 24.0 Å². The van der Waals surface area contributed by atoms with Gasteiger partial charge < -0.3 is 14.7 Å². The molecule has 0 radical (unpaired) electrons. The summed E-state index contributed by atoms with van der Waals surface area (Å²) < 4.78 is 5.53. The molecule has 0 unspecified atom stereocenters. The standard InChI is InChI=1S/C23H27NO4/c1-15(2)13-18-10-12-20(23(26)27)24(18)22(25)17-9-11-19(21(14-17)28-3)16-7-5-4-6-8-16/h4-9,11,14-15,18,20H,10,12-13H2,1-3H3,(H,26,27)/t18-,20+/m1/s1. The van der Waals surface area contributed by atoms with Gasteiger partial charge in [0, 0.05) is 17.2 Å². The SMILES string of the molecule is COc1cc(C(=O)N2[C@@H](CC(C)C)CC[C@H]2C(=O)O)ccc1-c1ccccc1. The van der Waals surface area contributed by atoms with E-state index < -0.39 is 12.0 Å². The molecule has 1 amide bonds. The topological polar surface area (TPSA) is 66.8 Å². The Kier molecular flexibility index (Phi) is 6.02. The molecule has 0 aliphatic carbocycles. The molecule has 0 aromatic heterocycles. The van der Waals surface area contributed by atoms with Gasteiger partial charge in [0.25, 0.3) is 5.91 Å². The molecule has 1 N–H and O–H groups in total. The molecule has 1 heterocycles. The quantitative estimate of drug-likeness (QED) is 0.802. The lowest BCUT2D eigenvalue weighted by Gasteiger charge is -2.29. The van der Waals surface area contributed by atoms with Crippen LogP contribution < -0.4 is 4.74 Å². The zero-order chi connectivity index (χ0) is 20.3. The Balaban J connectivity index is 1.95. The summed E-state index contributed by atoms with van der Waals surface area (Å²) in [6.07, 6.45) is 2.02. The largest absolute Gasteiger partial charge is 0.496 e. The minimum Gasteiger partial charge on any atom is -0.496 e. The molecule has 2 aromatic rings. The first-order valence-corrected chi connectivity index (χ1v) is 9.71. The minimum atomic E-state index is -0.938. The Bertz CT molecular complexity index is 847. The summed E-state index contributed by atoms with van der Waals surface area (Å²) in [5.41, 5.74) is 2.36. The normalized spacial score (nSPS) is 19.1. The maximum absolute atomic E-state index is 13.3. The summed E-state index contributed by atoms with van der Waals surface area (Å²) in [7, 11) is 1.58. The van der Waals surface area contributed by atoms with Gasteiger partial charge in [0.1, 0.15) is 11.8 Å². The van der Waals surface area contributed by atoms with Crippen molar-refractivity contribution in [3.8, 4) is 16.9 Å². The molecular weight excluding hydrogens is 354 g/mol. The Morgan fingerprint density at radius 3 is 2.46 bits per heavy atom. The number of aliphatic carboxylic acids is 1. The molecule has 28 heavy (non-hydrogen) atoms. The van der Waals surface area contributed by atoms with Crippen molar-refractivity contribution < 1.29 is 19.4 Å². The van der Waals surface area contributed by atoms with E-state index in [1.54, 1.807) is 24.1 Å². The van der Waals surface area contributed by atoms with Gasteiger partial charge in [-0.25, -0.2) is 4.79 Å². The number of hydrogen-bond donors (Lipinski definition) is 1. The number of carboxylic acid groups (broad SMARTS) is 1. The number of nitrogens with zero attached hydrogens (tertiary/aromatic N) is 1. The minimum absolute atomic E-state index is 0.0478. The second kappa shape index (κ2) is 8.46. The zero-order valence-electron chi connectivity index (χ0n) is 16.6. The molecule has 3 rings (SSSR count). The van der Waals surface area contributed by atoms with Crippen molar-refractivity contribution in [3.63, 3.8) is 0 Å². The van der Waals surface area contributed by atoms with Crippen LogP contribution in [-0.2, 0) is 4.79 Å². The predicted molar refractivity (Wildman–Crippen MR) is 109 cm³/mol. The highest BCUT2D eigenvalue weighted by Gasteiger charge is 2.41. The fourth-order valence-corrected chi connectivity index (χ4v) is 4.04. The van der Waals surface area contributed by atoms with Crippen LogP contribution in [0.5, 0.6) is 5.75 Å². The lowest BCUT2D eigenvalue weighted by molar-refractivity contribution is -0.141. The third kappa shape index (κ3) is 4.03. The maximum atomic E-state index is 13.3. The van der Waals surface area contributed by atoms with E-state index in [1.165, 1.54) is 0 Å². The van der Waals surface area contributed by atoms with E-state index in [1.807, 2.05) is 36.4 Å². The number of methoxy groups -OCH3 is 1. The molecule has 0 bridgehead atoms. The molecule has 1 aliphatic rings. The van der Waals surface area contributed by atoms with Crippen molar-refractivity contribution in [1.82, 2.24) is 4.90 Å². The smallest absolute Gasteiger partial charge is 0.326 e. The number of carbonyl (C=O) groups excluding carboxylic acids is 1. The van der Waals surface area contributed by atoms with Crippen molar-refractivity contribution >= 4 is 11.9 Å². The number of ether oxygens (including phenoxy) is 1. The van der Waals surface area contributed by atoms with Gasteiger partial charge in [-0.1, -0.05) is 44.2 Å². The first-order valence-electron chi connectivity index (χ1n) is 9.71. The van der Waals surface area contributed by atoms with Crippen molar-refractivity contribution in [3.05, 3.63) is 54.1 Å². The molecule has 2 atom stereocenters. The number of carboxylic acids is 1. The Morgan fingerprint density at radius 1 is 1.14 bits per heavy atom. The van der Waals surface area contributed by atoms with Crippen LogP contribution in [0.3, 0.4) is 0 Å². The van der Waals surface area contributed by atoms with Crippen LogP contribution in [0.2, 0.25) is 0 Å². The Hall–Kier alpha value is -2.82. The van der Waals surface area contributed by atoms with Crippen molar-refractivity contribution in [1.29, 1.82) is 0 Å². The van der Waals surface area contributed by atoms with E-state index in [2.05, 4.69) is 13.8 Å². The molecule has 0 spiro atoms. The highest BCUT2D eigenvalue weighted by atomic mass is 16.5. The van der Waals surface area contributed by atoms with E-state index in [-0.39, 0.29) is 11.9 Å². The summed E-state index contributed by atoms with van der Waals surface area (Å²) in [6, 6.07) is 14.3. The maximum Gasteiger partial charge on any atom is 0.326 e. The van der Waals surface area contributed by atoms with Crippen LogP contribution in [0.15, 0.2) is 48.5 Å². The van der Waals surface area contributed by atoms with Crippen LogP contribution >= 0.6 is 0 Å². The van der Waals surface area contributed by atoms with Crippen LogP contribution in [0.25, 0.3) is 11.1 Å². The van der Waals surface area contributed by atoms with Crippen molar-refractivity contribution in [2.45, 2.75) is 45.2 Å². The van der Waals surface area contributed by atoms with Crippen LogP contribution in [-0.4, -0.2) is 41.1 Å². The molecule has 0 saturated carbocycles. The number of hydrogen-bond acceptors (Lipinski definition) is 3. The summed E-state index contributed by atoms with van der Waals surface area (Å²) in [4.78, 5) is 26.6. The molecule has 1 aliphatic heterocycles. The molecule has 5 heteroatoms. The second-order valence-corrected chi connectivity index (χ2v) is 7.71. The van der Waals surface area contributed by atoms with Gasteiger partial charge in [-0.3, -0.25) is 4.79 Å². The highest BCUT2D eigenvalue weighted by molar-refractivity contribution is 5.98. The summed E-state index contributed by atoms with van der Waals surface area (Å²) in [5, 5.41) is 9.61. The van der Waals surface area contributed by atoms with Gasteiger partial charge in [0.15, 0.2) is 0 Å². The van der Waals surface area contributed by atoms with Gasteiger partial charge >= 0.3 is 5.97 Å². The van der Waals surface area contributed by atoms with Gasteiger partial charge in [-0.15, -0.1) is 0 Å². The monoisotopic (exact) mass is 381 g/mol. The summed E-state index contributed by atoms with van der Waals surface area (Å²) in [5.74, 6) is -0.188. The van der Waals surface area contributed by atoms with Gasteiger partial charge in [0.05, 0.1) is 7.11 Å². The van der Waals surface area contributed by atoms with E-state index in [4.69, 9.17) is 4.74 Å². The molecule has 1 saturated heterocycles. The summed E-state index contributed by atoms with van der Waals surface area (Å²) in [6.45, 7) is 4.18. The molecular formula is C23H27NO4. The highest BCUT2D eigenvalue weighted by Crippen LogP contribution is 2.34. The molecule has 5 nitrogen and oxygen atoms in total. The second-order valence-electron chi connectivity index (χ2n) is 7.71. The number of rotatable bonds is 6. The fourth-order valence-electron chi connectivity index (χ4n) is 4.04. The zero-order valence-corrected chi connectivity index (χ0v) is 16.6. The average Bonchev–Trinajstić information content (AvgIpc) is 3.10. The van der Waals surface area contributed by atoms with Crippen LogP contribution in [0.4, 0.5) is 0 Å². The number of amides is 1. The lowest BCUT2D eigenvalue weighted by atomic mass is 10.00. The van der Waals surface area contributed by atoms with Gasteiger partial charge in [-0.05, 0) is 48.9 Å². The lowest BCUT2D eigenvalue weighted by Crippen LogP contribution is -2.45. The van der Waals surface area contributed by atoms with Crippen LogP contribution in [0, 0.1) is 5.92 Å². The molecule has 148 valence electrons.